The Labute approximate surface area is 540 Å². The Morgan fingerprint density at radius 3 is 1.72 bits per heavy atom. The van der Waals surface area contributed by atoms with Crippen molar-refractivity contribution in [1.82, 2.24) is 10.6 Å². The van der Waals surface area contributed by atoms with E-state index in [1.807, 2.05) is 27.7 Å². The van der Waals surface area contributed by atoms with Crippen molar-refractivity contribution in [3.63, 3.8) is 0 Å². The largest absolute Gasteiger partial charge is 0.394 e. The van der Waals surface area contributed by atoms with E-state index < -0.39 is 215 Å². The molecule has 0 bridgehead atoms. The van der Waals surface area contributed by atoms with Crippen LogP contribution in [0.25, 0.3) is 0 Å². The summed E-state index contributed by atoms with van der Waals surface area (Å²) in [7, 11) is 1.70. The Morgan fingerprint density at radius 1 is 0.613 bits per heavy atom. The van der Waals surface area contributed by atoms with Gasteiger partial charge in [0.2, 0.25) is 11.8 Å². The maximum atomic E-state index is 13.6. The van der Waals surface area contributed by atoms with Gasteiger partial charge in [0.1, 0.15) is 116 Å². The normalized spacial score (nSPS) is 47.7. The van der Waals surface area contributed by atoms with Gasteiger partial charge in [-0.15, -0.1) is 0 Å². The molecule has 0 radical (unpaired) electrons. The van der Waals surface area contributed by atoms with Gasteiger partial charge < -0.3 is 134 Å². The lowest BCUT2D eigenvalue weighted by Gasteiger charge is -2.65. The van der Waals surface area contributed by atoms with E-state index in [2.05, 4.69) is 31.4 Å². The van der Waals surface area contributed by atoms with Gasteiger partial charge in [-0.3, -0.25) is 14.4 Å². The highest BCUT2D eigenvalue weighted by Crippen LogP contribution is 2.70. The predicted molar refractivity (Wildman–Crippen MR) is 317 cm³/mol. The number of ether oxygens (including phenoxy) is 11. The average Bonchev–Trinajstić information content (AvgIpc) is 1.67. The number of carbonyl (C=O) groups is 3. The summed E-state index contributed by atoms with van der Waals surface area (Å²) >= 11 is 0. The van der Waals surface area contributed by atoms with Crippen molar-refractivity contribution < 1.29 is 138 Å². The number of allylic oxidation sites excluding steroid dienone is 2. The molecule has 532 valence electrons. The van der Waals surface area contributed by atoms with Gasteiger partial charge >= 0.3 is 0 Å². The van der Waals surface area contributed by atoms with Crippen LogP contribution in [0.15, 0.2) is 22.8 Å². The van der Waals surface area contributed by atoms with Crippen molar-refractivity contribution in [2.24, 2.45) is 34.0 Å². The average molecular weight is 1340 g/mol. The maximum absolute atomic E-state index is 13.6. The minimum atomic E-state index is -2.00. The fraction of sp³-hybridized carbons (Fsp3) is 0.889. The molecule has 30 nitrogen and oxygen atoms in total. The monoisotopic (exact) mass is 1330 g/mol. The first-order valence-electron chi connectivity index (χ1n) is 32.5. The molecule has 8 fully saturated rings. The topological polar surface area (TPSA) is 460 Å². The molecule has 1 unspecified atom stereocenters. The van der Waals surface area contributed by atoms with E-state index in [1.165, 1.54) is 0 Å². The zero-order valence-corrected chi connectivity index (χ0v) is 54.5. The van der Waals surface area contributed by atoms with Crippen LogP contribution >= 0.6 is 0 Å². The van der Waals surface area contributed by atoms with Crippen molar-refractivity contribution in [3.8, 4) is 0 Å². The van der Waals surface area contributed by atoms with Crippen molar-refractivity contribution in [3.05, 3.63) is 22.8 Å². The van der Waals surface area contributed by atoms with Crippen LogP contribution in [0.4, 0.5) is 0 Å². The van der Waals surface area contributed by atoms with Crippen molar-refractivity contribution in [2.45, 2.75) is 279 Å². The molecular weight excluding hydrogens is 1230 g/mol. The van der Waals surface area contributed by atoms with E-state index in [-0.39, 0.29) is 35.1 Å². The van der Waals surface area contributed by atoms with Gasteiger partial charge in [-0.1, -0.05) is 40.2 Å². The van der Waals surface area contributed by atoms with E-state index in [9.17, 15) is 85.9 Å². The highest BCUT2D eigenvalue weighted by molar-refractivity contribution is 5.90. The summed E-state index contributed by atoms with van der Waals surface area (Å²) in [5.41, 5.74) is -0.0157. The standard InChI is InChI=1S/C63H102N2O28/c1-25(2)17-29(71)18-26(3)31-19-32(83-10)40-30-11-12-38-60(6,7)39(13-14-62(38,9)63(30,82)16-15-61(31,40)8)91-59-53(47(76)37(24-85-59)90-55-41(64-27(4)69)48(77)43(72)33(20-66)86-55)92-56-42(65-28(5)70)49(78)46(75)36(89-56)23-84-58-54(51(80)45(74)35(22-68)88-58)93-57-52(81)50(79)44(73)34(21-67)87-57/h17,26,31-39,41-59,66-68,72-82H,11-16,18-24H2,1-10H3,(H,64,69)(H,65,70)/t26-,31-,32-,33-,34-,35-,36-,37-,38?,39+,41-,42-,43+,44-,45-,46+,47+,48-,49-,50+,51+,52-,53-,54-,55+,56+,57+,58-,59+,61-,62+,63-/m1/s1. The Balaban J connectivity index is 1.00. The first-order valence-corrected chi connectivity index (χ1v) is 32.5. The van der Waals surface area contributed by atoms with Crippen LogP contribution in [-0.4, -0.2) is 294 Å². The minimum Gasteiger partial charge on any atom is -0.394 e. The number of aliphatic hydroxyl groups excluding tert-OH is 13. The molecule has 0 spiro atoms. The SMILES string of the molecule is CO[C@@H]1C[C@H]([C@H](C)CC(=O)C=C(C)C)[C@@]2(C)CC[C@@]3(O)C(=C12)CCC1C(C)(C)[C@@H](O[C@@H]2OC[C@@H](O[C@@H]4O[C@H](CO)[C@H](O)[C@H](O)[C@H]4NC(C)=O)[C@H](O)[C@H]2O[C@@H]2O[C@H](CO[C@@H]4O[C@H](CO)[C@@H](O)[C@H](O)[C@H]4O[C@@H]4O[C@H](CO)[C@@H](O)[C@H](O)[C@H]4O)[C@H](O)[C@H](O)[C@H]2NC(C)=O)CC[C@@]13C. The number of methoxy groups -OCH3 is 1. The van der Waals surface area contributed by atoms with Crippen LogP contribution in [0, 0.1) is 34.0 Å². The van der Waals surface area contributed by atoms with E-state index >= 15 is 0 Å². The van der Waals surface area contributed by atoms with Crippen LogP contribution in [0.1, 0.15) is 114 Å². The molecule has 30 heteroatoms. The zero-order chi connectivity index (χ0) is 68.3. The molecule has 0 aromatic heterocycles. The number of rotatable bonds is 21. The van der Waals surface area contributed by atoms with E-state index in [0.717, 1.165) is 30.6 Å². The van der Waals surface area contributed by atoms with Gasteiger partial charge in [0, 0.05) is 32.8 Å². The number of amides is 2. The first-order chi connectivity index (χ1) is 43.7. The molecule has 93 heavy (non-hydrogen) atoms. The molecule has 32 atom stereocenters. The zero-order valence-electron chi connectivity index (χ0n) is 54.5. The molecule has 2 amide bonds. The van der Waals surface area contributed by atoms with Crippen LogP contribution in [-0.2, 0) is 66.5 Å². The quantitative estimate of drug-likeness (QED) is 0.0296. The second-order valence-corrected chi connectivity index (χ2v) is 28.6. The van der Waals surface area contributed by atoms with Crippen molar-refractivity contribution >= 4 is 17.6 Å². The minimum absolute atomic E-state index is 0.0467. The summed E-state index contributed by atoms with van der Waals surface area (Å²) in [6.45, 7) is 12.8. The highest BCUT2D eigenvalue weighted by atomic mass is 16.8. The van der Waals surface area contributed by atoms with Gasteiger partial charge in [0.25, 0.3) is 0 Å². The third-order valence-electron chi connectivity index (χ3n) is 22.1. The number of aliphatic hydroxyl groups is 14. The number of carbonyl (C=O) groups excluding carboxylic acids is 3. The smallest absolute Gasteiger partial charge is 0.217 e. The van der Waals surface area contributed by atoms with E-state index in [4.69, 9.17) is 52.1 Å². The fourth-order valence-electron chi connectivity index (χ4n) is 17.1. The lowest BCUT2D eigenvalue weighted by Crippen LogP contribution is -2.69. The van der Waals surface area contributed by atoms with Crippen LogP contribution in [0.5, 0.6) is 0 Å². The maximum Gasteiger partial charge on any atom is 0.217 e. The van der Waals surface area contributed by atoms with E-state index in [1.54, 1.807) is 13.2 Å². The van der Waals surface area contributed by atoms with Crippen LogP contribution in [0.2, 0.25) is 0 Å². The second kappa shape index (κ2) is 29.5. The predicted octanol–water partition coefficient (Wildman–Crippen LogP) is -3.94. The summed E-state index contributed by atoms with van der Waals surface area (Å²) in [6, 6.07) is -3.13. The summed E-state index contributed by atoms with van der Waals surface area (Å²) in [5.74, 6) is -1.36. The lowest BCUT2D eigenvalue weighted by molar-refractivity contribution is -0.380. The molecule has 3 saturated carbocycles. The summed E-state index contributed by atoms with van der Waals surface area (Å²) < 4.78 is 68.0. The van der Waals surface area contributed by atoms with Gasteiger partial charge in [0.05, 0.1) is 50.8 Å². The molecular formula is C63H102N2O28. The molecule has 16 N–H and O–H groups in total. The molecule has 4 aliphatic carbocycles. The third-order valence-corrected chi connectivity index (χ3v) is 22.1. The molecule has 0 aromatic carbocycles. The number of fused-ring (bicyclic) bond motifs is 4. The molecule has 0 aromatic rings. The Kier molecular flexibility index (Phi) is 23.6. The Morgan fingerprint density at radius 2 is 1.14 bits per heavy atom. The lowest BCUT2D eigenvalue weighted by atomic mass is 9.42. The molecule has 5 saturated heterocycles. The summed E-state index contributed by atoms with van der Waals surface area (Å²) in [4.78, 5) is 38.6. The van der Waals surface area contributed by atoms with Gasteiger partial charge in [-0.05, 0) is 105 Å². The third kappa shape index (κ3) is 14.2. The van der Waals surface area contributed by atoms with Gasteiger partial charge in [-0.25, -0.2) is 0 Å². The van der Waals surface area contributed by atoms with Crippen LogP contribution < -0.4 is 10.6 Å². The number of ketones is 1. The van der Waals surface area contributed by atoms with Gasteiger partial charge in [-0.2, -0.15) is 0 Å². The number of hydrogen-bond acceptors (Lipinski definition) is 28. The van der Waals surface area contributed by atoms with Crippen molar-refractivity contribution in [2.75, 3.05) is 40.1 Å². The molecule has 5 aliphatic heterocycles. The summed E-state index contributed by atoms with van der Waals surface area (Å²) in [6.07, 6.45) is -34.1. The van der Waals surface area contributed by atoms with Gasteiger partial charge in [0.15, 0.2) is 37.2 Å². The number of nitrogens with one attached hydrogen (secondary N) is 2. The second-order valence-electron chi connectivity index (χ2n) is 28.6. The summed E-state index contributed by atoms with van der Waals surface area (Å²) in [5, 5.41) is 161. The Hall–Kier alpha value is -2.91. The van der Waals surface area contributed by atoms with E-state index in [0.29, 0.717) is 51.4 Å². The van der Waals surface area contributed by atoms with Crippen molar-refractivity contribution in [1.29, 1.82) is 0 Å². The molecule has 5 heterocycles. The molecule has 9 aliphatic rings. The highest BCUT2D eigenvalue weighted by Gasteiger charge is 2.68. The number of hydrogen-bond donors (Lipinski definition) is 16. The first kappa shape index (κ1) is 74.3. The molecule has 9 rings (SSSR count). The fourth-order valence-corrected chi connectivity index (χ4v) is 17.1. The van der Waals surface area contributed by atoms with Crippen LogP contribution in [0.3, 0.4) is 0 Å². The Bertz CT molecular complexity index is 2650.